The molecule has 1 aromatic heterocycles. The summed E-state index contributed by atoms with van der Waals surface area (Å²) < 4.78 is 20.6. The van der Waals surface area contributed by atoms with Crippen LogP contribution in [0, 0.1) is 12.7 Å². The van der Waals surface area contributed by atoms with Crippen LogP contribution in [0.25, 0.3) is 5.69 Å². The van der Waals surface area contributed by atoms with E-state index in [9.17, 15) is 14.0 Å². The highest BCUT2D eigenvalue weighted by Crippen LogP contribution is 2.31. The van der Waals surface area contributed by atoms with Crippen LogP contribution in [0.1, 0.15) is 27.5 Å². The van der Waals surface area contributed by atoms with Crippen LogP contribution >= 0.6 is 11.6 Å². The molecule has 3 N–H and O–H groups in total. The third kappa shape index (κ3) is 5.93. The first-order chi connectivity index (χ1) is 17.8. The number of benzene rings is 2. The Labute approximate surface area is 219 Å². The van der Waals surface area contributed by atoms with Crippen LogP contribution in [0.5, 0.6) is 0 Å². The first-order valence-corrected chi connectivity index (χ1v) is 12.3. The molecule has 37 heavy (non-hydrogen) atoms. The fourth-order valence-electron chi connectivity index (χ4n) is 4.56. The number of carbonyl (C=O) groups excluding carboxylic acids is 2. The van der Waals surface area contributed by atoms with E-state index < -0.39 is 11.8 Å². The minimum atomic E-state index is -0.488. The second-order valence-electron chi connectivity index (χ2n) is 8.89. The van der Waals surface area contributed by atoms with Crippen molar-refractivity contribution in [2.45, 2.75) is 18.9 Å². The second-order valence-corrected chi connectivity index (χ2v) is 9.29. The SMILES string of the molecule is CNC(=O)c1nn(-c2ccccc2)c(NC(=O)N[C@@H]2CN(CCOC)CC2c2ccc(F)c(Cl)c2)c1C. The second kappa shape index (κ2) is 11.7. The molecule has 1 fully saturated rings. The van der Waals surface area contributed by atoms with Crippen LogP contribution < -0.4 is 16.0 Å². The zero-order valence-corrected chi connectivity index (χ0v) is 21.7. The molecule has 2 aromatic carbocycles. The lowest BCUT2D eigenvalue weighted by Gasteiger charge is -2.21. The monoisotopic (exact) mass is 528 g/mol. The summed E-state index contributed by atoms with van der Waals surface area (Å²) in [6.45, 7) is 4.21. The molecule has 0 radical (unpaired) electrons. The van der Waals surface area contributed by atoms with Crippen LogP contribution in [0.2, 0.25) is 5.02 Å². The number of nitrogens with one attached hydrogen (secondary N) is 3. The van der Waals surface area contributed by atoms with Crippen molar-refractivity contribution in [3.8, 4) is 5.69 Å². The Morgan fingerprint density at radius 2 is 1.95 bits per heavy atom. The van der Waals surface area contributed by atoms with Gasteiger partial charge in [0, 0.05) is 45.3 Å². The van der Waals surface area contributed by atoms with Crippen molar-refractivity contribution in [3.05, 3.63) is 76.2 Å². The van der Waals surface area contributed by atoms with Gasteiger partial charge in [-0.15, -0.1) is 0 Å². The Morgan fingerprint density at radius 1 is 1.19 bits per heavy atom. The summed E-state index contributed by atoms with van der Waals surface area (Å²) in [5.74, 6) is -0.563. The third-order valence-corrected chi connectivity index (χ3v) is 6.78. The first-order valence-electron chi connectivity index (χ1n) is 11.9. The lowest BCUT2D eigenvalue weighted by atomic mass is 9.94. The van der Waals surface area contributed by atoms with Gasteiger partial charge < -0.3 is 15.4 Å². The van der Waals surface area contributed by atoms with Gasteiger partial charge in [0.05, 0.1) is 23.4 Å². The summed E-state index contributed by atoms with van der Waals surface area (Å²) in [5.41, 5.74) is 2.28. The molecule has 0 spiro atoms. The number of rotatable bonds is 8. The summed E-state index contributed by atoms with van der Waals surface area (Å²) in [7, 11) is 3.17. The summed E-state index contributed by atoms with van der Waals surface area (Å²) in [6.07, 6.45) is 0. The number of likely N-dealkylation sites (tertiary alicyclic amines) is 1. The van der Waals surface area contributed by atoms with Gasteiger partial charge in [-0.25, -0.2) is 13.9 Å². The molecule has 2 atom stereocenters. The molecule has 1 aliphatic heterocycles. The number of methoxy groups -OCH3 is 1. The number of amides is 3. The molecule has 3 amide bonds. The standard InChI is InChI=1S/C26H30ClFN6O3/c1-16-23(25(35)29-2)32-34(18-7-5-4-6-8-18)24(16)31-26(36)30-22-15-33(11-12-37-3)14-19(22)17-9-10-21(28)20(27)13-17/h4-10,13,19,22H,11-12,14-15H2,1-3H3,(H,29,35)(H2,30,31,36)/t19?,22-/m1/s1. The van der Waals surface area contributed by atoms with Gasteiger partial charge in [0.25, 0.3) is 5.91 Å². The van der Waals surface area contributed by atoms with E-state index in [0.29, 0.717) is 43.3 Å². The molecule has 0 aliphatic carbocycles. The van der Waals surface area contributed by atoms with Gasteiger partial charge in [0.15, 0.2) is 5.69 Å². The van der Waals surface area contributed by atoms with Crippen molar-refractivity contribution >= 4 is 29.4 Å². The van der Waals surface area contributed by atoms with E-state index in [1.54, 1.807) is 26.2 Å². The lowest BCUT2D eigenvalue weighted by Crippen LogP contribution is -2.42. The smallest absolute Gasteiger partial charge is 0.320 e. The average molecular weight is 529 g/mol. The first kappa shape index (κ1) is 26.6. The minimum absolute atomic E-state index is 0.0418. The predicted octanol–water partition coefficient (Wildman–Crippen LogP) is 3.57. The number of ether oxygens (including phenoxy) is 1. The Kier molecular flexibility index (Phi) is 8.42. The zero-order valence-electron chi connectivity index (χ0n) is 20.9. The molecule has 1 unspecified atom stereocenters. The Balaban J connectivity index is 1.59. The lowest BCUT2D eigenvalue weighted by molar-refractivity contribution is 0.0957. The number of hydrogen-bond acceptors (Lipinski definition) is 5. The van der Waals surface area contributed by atoms with Crippen molar-refractivity contribution in [3.63, 3.8) is 0 Å². The summed E-state index contributed by atoms with van der Waals surface area (Å²) in [4.78, 5) is 27.9. The van der Waals surface area contributed by atoms with Gasteiger partial charge in [-0.05, 0) is 36.8 Å². The number of para-hydroxylation sites is 1. The van der Waals surface area contributed by atoms with E-state index in [1.807, 2.05) is 30.3 Å². The summed E-state index contributed by atoms with van der Waals surface area (Å²) in [5, 5.41) is 13.0. The molecule has 4 rings (SSSR count). The van der Waals surface area contributed by atoms with Crippen molar-refractivity contribution in [2.24, 2.45) is 0 Å². The Hall–Kier alpha value is -3.47. The fourth-order valence-corrected chi connectivity index (χ4v) is 4.75. The zero-order chi connectivity index (χ0) is 26.5. The van der Waals surface area contributed by atoms with Gasteiger partial charge in [0.2, 0.25) is 0 Å². The summed E-state index contributed by atoms with van der Waals surface area (Å²) in [6, 6.07) is 13.2. The predicted molar refractivity (Wildman–Crippen MR) is 140 cm³/mol. The number of carbonyl (C=O) groups is 2. The van der Waals surface area contributed by atoms with Gasteiger partial charge in [-0.1, -0.05) is 35.9 Å². The number of aromatic nitrogens is 2. The van der Waals surface area contributed by atoms with E-state index in [-0.39, 0.29) is 28.6 Å². The molecular formula is C26H30ClFN6O3. The van der Waals surface area contributed by atoms with Crippen molar-refractivity contribution in [1.29, 1.82) is 0 Å². The largest absolute Gasteiger partial charge is 0.383 e. The van der Waals surface area contributed by atoms with Gasteiger partial charge in [-0.2, -0.15) is 5.10 Å². The topological polar surface area (TPSA) is 101 Å². The number of hydrogen-bond donors (Lipinski definition) is 3. The molecule has 3 aromatic rings. The molecule has 2 heterocycles. The highest BCUT2D eigenvalue weighted by molar-refractivity contribution is 6.30. The molecule has 1 aliphatic rings. The van der Waals surface area contributed by atoms with Crippen LogP contribution in [-0.2, 0) is 4.74 Å². The van der Waals surface area contributed by atoms with E-state index >= 15 is 0 Å². The van der Waals surface area contributed by atoms with Crippen LogP contribution in [0.4, 0.5) is 15.0 Å². The van der Waals surface area contributed by atoms with Crippen molar-refractivity contribution in [1.82, 2.24) is 25.3 Å². The maximum Gasteiger partial charge on any atom is 0.320 e. The summed E-state index contributed by atoms with van der Waals surface area (Å²) >= 11 is 6.06. The van der Waals surface area contributed by atoms with Crippen molar-refractivity contribution < 1.29 is 18.7 Å². The molecule has 11 heteroatoms. The molecule has 9 nitrogen and oxygen atoms in total. The van der Waals surface area contributed by atoms with E-state index in [0.717, 1.165) is 5.56 Å². The highest BCUT2D eigenvalue weighted by Gasteiger charge is 2.35. The number of halogens is 2. The van der Waals surface area contributed by atoms with Gasteiger partial charge >= 0.3 is 6.03 Å². The molecule has 196 valence electrons. The van der Waals surface area contributed by atoms with Crippen molar-refractivity contribution in [2.75, 3.05) is 45.7 Å². The van der Waals surface area contributed by atoms with Crippen LogP contribution in [0.3, 0.4) is 0 Å². The highest BCUT2D eigenvalue weighted by atomic mass is 35.5. The molecule has 0 saturated carbocycles. The van der Waals surface area contributed by atoms with Gasteiger partial charge in [0.1, 0.15) is 11.6 Å². The van der Waals surface area contributed by atoms with Gasteiger partial charge in [-0.3, -0.25) is 15.0 Å². The van der Waals surface area contributed by atoms with E-state index in [1.165, 1.54) is 17.8 Å². The maximum atomic E-state index is 13.8. The third-order valence-electron chi connectivity index (χ3n) is 6.49. The quantitative estimate of drug-likeness (QED) is 0.415. The average Bonchev–Trinajstić information content (AvgIpc) is 3.45. The Morgan fingerprint density at radius 3 is 2.62 bits per heavy atom. The maximum absolute atomic E-state index is 13.8. The number of anilines is 1. The number of nitrogens with zero attached hydrogens (tertiary/aromatic N) is 3. The minimum Gasteiger partial charge on any atom is -0.383 e. The van der Waals surface area contributed by atoms with E-state index in [2.05, 4.69) is 25.9 Å². The molecular weight excluding hydrogens is 499 g/mol. The van der Waals surface area contributed by atoms with Crippen LogP contribution in [0.15, 0.2) is 48.5 Å². The fraction of sp³-hybridized carbons (Fsp3) is 0.346. The van der Waals surface area contributed by atoms with E-state index in [4.69, 9.17) is 16.3 Å². The molecule has 1 saturated heterocycles. The normalized spacial score (nSPS) is 17.5. The Bertz CT molecular complexity index is 1270. The molecule has 0 bridgehead atoms. The number of urea groups is 1. The van der Waals surface area contributed by atoms with Crippen LogP contribution in [-0.4, -0.2) is 73.1 Å².